The van der Waals surface area contributed by atoms with E-state index in [1.807, 2.05) is 26.8 Å². The molecule has 0 bridgehead atoms. The third kappa shape index (κ3) is 5.59. The van der Waals surface area contributed by atoms with Gasteiger partial charge in [0.25, 0.3) is 0 Å². The van der Waals surface area contributed by atoms with E-state index >= 15 is 0 Å². The minimum Gasteiger partial charge on any atom is -0.366 e. The highest BCUT2D eigenvalue weighted by molar-refractivity contribution is 5.91. The van der Waals surface area contributed by atoms with E-state index in [0.717, 1.165) is 11.8 Å². The van der Waals surface area contributed by atoms with E-state index in [2.05, 4.69) is 5.32 Å². The van der Waals surface area contributed by atoms with Gasteiger partial charge in [-0.1, -0.05) is 12.1 Å². The van der Waals surface area contributed by atoms with Crippen molar-refractivity contribution in [1.29, 1.82) is 0 Å². The molecule has 0 saturated carbocycles. The van der Waals surface area contributed by atoms with Crippen LogP contribution >= 0.6 is 0 Å². The Morgan fingerprint density at radius 3 is 2.72 bits per heavy atom. The van der Waals surface area contributed by atoms with Gasteiger partial charge in [0.1, 0.15) is 12.9 Å². The number of hydrogen-bond donors (Lipinski definition) is 1. The summed E-state index contributed by atoms with van der Waals surface area (Å²) in [6.07, 6.45) is 1.19. The smallest absolute Gasteiger partial charge is 0.250 e. The molecule has 4 nitrogen and oxygen atoms in total. The summed E-state index contributed by atoms with van der Waals surface area (Å²) in [7, 11) is 0. The number of aldehydes is 1. The lowest BCUT2D eigenvalue weighted by Gasteiger charge is -2.19. The Bertz CT molecular complexity index is 421. The molecule has 0 aliphatic heterocycles. The van der Waals surface area contributed by atoms with Crippen LogP contribution in [0.4, 0.5) is 5.69 Å². The van der Waals surface area contributed by atoms with Gasteiger partial charge in [0, 0.05) is 12.1 Å². The van der Waals surface area contributed by atoms with E-state index in [-0.39, 0.29) is 18.1 Å². The molecule has 1 aromatic carbocycles. The van der Waals surface area contributed by atoms with Crippen molar-refractivity contribution < 1.29 is 14.3 Å². The largest absolute Gasteiger partial charge is 0.366 e. The van der Waals surface area contributed by atoms with E-state index in [1.165, 1.54) is 0 Å². The summed E-state index contributed by atoms with van der Waals surface area (Å²) in [6.45, 7) is 5.70. The zero-order valence-corrected chi connectivity index (χ0v) is 11.0. The summed E-state index contributed by atoms with van der Waals surface area (Å²) in [5.41, 5.74) is 1.22. The van der Waals surface area contributed by atoms with Crippen molar-refractivity contribution in [1.82, 2.24) is 0 Å². The molecule has 1 N–H and O–H groups in total. The Kier molecular flexibility index (Phi) is 5.04. The number of amides is 1. The number of nitrogens with one attached hydrogen (secondary N) is 1. The molecule has 0 unspecified atom stereocenters. The molecule has 98 valence electrons. The summed E-state index contributed by atoms with van der Waals surface area (Å²) in [4.78, 5) is 22.0. The molecule has 0 fully saturated rings. The first-order chi connectivity index (χ1) is 8.40. The van der Waals surface area contributed by atoms with Crippen LogP contribution in [0.1, 0.15) is 26.3 Å². The van der Waals surface area contributed by atoms with Crippen molar-refractivity contribution in [3.8, 4) is 0 Å². The molecule has 0 saturated heterocycles. The molecule has 0 atom stereocenters. The standard InChI is InChI=1S/C14H19NO3/c1-14(2,3)18-10-13(17)15-12-6-4-5-11(9-12)7-8-16/h4-6,8-9H,7,10H2,1-3H3,(H,15,17). The fraction of sp³-hybridized carbons (Fsp3) is 0.429. The lowest BCUT2D eigenvalue weighted by molar-refractivity contribution is -0.125. The van der Waals surface area contributed by atoms with E-state index in [1.54, 1.807) is 18.2 Å². The second kappa shape index (κ2) is 6.31. The van der Waals surface area contributed by atoms with Crippen LogP contribution in [0.5, 0.6) is 0 Å². The molecule has 1 aromatic rings. The first-order valence-corrected chi connectivity index (χ1v) is 5.87. The SMILES string of the molecule is CC(C)(C)OCC(=O)Nc1cccc(CC=O)c1. The van der Waals surface area contributed by atoms with E-state index in [4.69, 9.17) is 4.74 Å². The molecule has 0 aliphatic carbocycles. The van der Waals surface area contributed by atoms with Gasteiger partial charge in [-0.2, -0.15) is 0 Å². The summed E-state index contributed by atoms with van der Waals surface area (Å²) >= 11 is 0. The molecule has 0 aromatic heterocycles. The maximum absolute atomic E-state index is 11.6. The first kappa shape index (κ1) is 14.4. The van der Waals surface area contributed by atoms with Crippen molar-refractivity contribution in [2.75, 3.05) is 11.9 Å². The van der Waals surface area contributed by atoms with Crippen LogP contribution in [0.3, 0.4) is 0 Å². The molecule has 4 heteroatoms. The third-order valence-electron chi connectivity index (χ3n) is 2.17. The fourth-order valence-electron chi connectivity index (χ4n) is 1.35. The summed E-state index contributed by atoms with van der Waals surface area (Å²) < 4.78 is 5.37. The summed E-state index contributed by atoms with van der Waals surface area (Å²) in [5.74, 6) is -0.201. The van der Waals surface area contributed by atoms with E-state index in [9.17, 15) is 9.59 Å². The highest BCUT2D eigenvalue weighted by Crippen LogP contribution is 2.11. The van der Waals surface area contributed by atoms with Crippen molar-refractivity contribution in [2.45, 2.75) is 32.8 Å². The highest BCUT2D eigenvalue weighted by atomic mass is 16.5. The minimum atomic E-state index is -0.337. The highest BCUT2D eigenvalue weighted by Gasteiger charge is 2.12. The van der Waals surface area contributed by atoms with Crippen molar-refractivity contribution in [3.63, 3.8) is 0 Å². The van der Waals surface area contributed by atoms with Crippen molar-refractivity contribution in [2.24, 2.45) is 0 Å². The van der Waals surface area contributed by atoms with Crippen molar-refractivity contribution >= 4 is 17.9 Å². The van der Waals surface area contributed by atoms with Gasteiger partial charge in [-0.3, -0.25) is 4.79 Å². The van der Waals surface area contributed by atoms with Crippen LogP contribution in [-0.2, 0) is 20.7 Å². The summed E-state index contributed by atoms with van der Waals surface area (Å²) in [5, 5.41) is 2.73. The quantitative estimate of drug-likeness (QED) is 0.814. The monoisotopic (exact) mass is 249 g/mol. The van der Waals surface area contributed by atoms with Crippen LogP contribution in [0.2, 0.25) is 0 Å². The maximum atomic E-state index is 11.6. The molecular formula is C14H19NO3. The van der Waals surface area contributed by atoms with Gasteiger partial charge in [0.05, 0.1) is 5.60 Å². The molecule has 18 heavy (non-hydrogen) atoms. The van der Waals surface area contributed by atoms with Crippen LogP contribution in [0.25, 0.3) is 0 Å². The Balaban J connectivity index is 2.53. The molecule has 1 rings (SSSR count). The average Bonchev–Trinajstić information content (AvgIpc) is 2.26. The minimum absolute atomic E-state index is 0.0153. The van der Waals surface area contributed by atoms with Crippen LogP contribution < -0.4 is 5.32 Å². The lowest BCUT2D eigenvalue weighted by atomic mass is 10.1. The number of rotatable bonds is 5. The number of ether oxygens (including phenoxy) is 1. The Labute approximate surface area is 107 Å². The predicted octanol–water partition coefficient (Wildman–Crippen LogP) is 2.18. The van der Waals surface area contributed by atoms with Gasteiger partial charge in [-0.15, -0.1) is 0 Å². The molecule has 0 aliphatic rings. The number of benzene rings is 1. The molecule has 0 heterocycles. The zero-order chi connectivity index (χ0) is 13.6. The van der Waals surface area contributed by atoms with Crippen LogP contribution in [0.15, 0.2) is 24.3 Å². The van der Waals surface area contributed by atoms with E-state index in [0.29, 0.717) is 12.1 Å². The van der Waals surface area contributed by atoms with Gasteiger partial charge >= 0.3 is 0 Å². The number of hydrogen-bond acceptors (Lipinski definition) is 3. The lowest BCUT2D eigenvalue weighted by Crippen LogP contribution is -2.27. The van der Waals surface area contributed by atoms with Gasteiger partial charge in [0.15, 0.2) is 0 Å². The van der Waals surface area contributed by atoms with Crippen LogP contribution in [-0.4, -0.2) is 24.4 Å². The average molecular weight is 249 g/mol. The van der Waals surface area contributed by atoms with Gasteiger partial charge in [0.2, 0.25) is 5.91 Å². The number of carbonyl (C=O) groups is 2. The Morgan fingerprint density at radius 2 is 2.11 bits per heavy atom. The van der Waals surface area contributed by atoms with Gasteiger partial charge < -0.3 is 14.8 Å². The number of carbonyl (C=O) groups excluding carboxylic acids is 2. The molecule has 0 radical (unpaired) electrons. The zero-order valence-electron chi connectivity index (χ0n) is 11.0. The topological polar surface area (TPSA) is 55.4 Å². The van der Waals surface area contributed by atoms with Gasteiger partial charge in [-0.25, -0.2) is 0 Å². The second-order valence-corrected chi connectivity index (χ2v) is 5.02. The van der Waals surface area contributed by atoms with E-state index < -0.39 is 0 Å². The number of anilines is 1. The maximum Gasteiger partial charge on any atom is 0.250 e. The molecule has 0 spiro atoms. The Hall–Kier alpha value is -1.68. The van der Waals surface area contributed by atoms with Crippen LogP contribution in [0, 0.1) is 0 Å². The fourth-order valence-corrected chi connectivity index (χ4v) is 1.35. The Morgan fingerprint density at radius 1 is 1.39 bits per heavy atom. The van der Waals surface area contributed by atoms with Gasteiger partial charge in [-0.05, 0) is 38.5 Å². The molecule has 1 amide bonds. The summed E-state index contributed by atoms with van der Waals surface area (Å²) in [6, 6.07) is 7.21. The second-order valence-electron chi connectivity index (χ2n) is 5.02. The normalized spacial score (nSPS) is 11.1. The van der Waals surface area contributed by atoms with Crippen molar-refractivity contribution in [3.05, 3.63) is 29.8 Å². The predicted molar refractivity (Wildman–Crippen MR) is 70.5 cm³/mol. The first-order valence-electron chi connectivity index (χ1n) is 5.87. The third-order valence-corrected chi connectivity index (χ3v) is 2.17. The molecular weight excluding hydrogens is 230 g/mol.